The smallest absolute Gasteiger partial charge is 0.238 e. The van der Waals surface area contributed by atoms with Crippen molar-refractivity contribution in [3.05, 3.63) is 30.3 Å². The van der Waals surface area contributed by atoms with Crippen LogP contribution in [-0.2, 0) is 23.9 Å². The zero-order valence-corrected chi connectivity index (χ0v) is 13.9. The lowest BCUT2D eigenvalue weighted by Gasteiger charge is -2.23. The average Bonchev–Trinajstić information content (AvgIpc) is 3.11. The summed E-state index contributed by atoms with van der Waals surface area (Å²) in [7, 11) is 0. The van der Waals surface area contributed by atoms with Crippen LogP contribution in [-0.4, -0.2) is 35.1 Å². The van der Waals surface area contributed by atoms with Crippen LogP contribution in [0.15, 0.2) is 30.3 Å². The number of amides is 2. The molecule has 1 aromatic carbocycles. The van der Waals surface area contributed by atoms with Crippen LogP contribution in [0.2, 0.25) is 0 Å². The molecule has 2 amide bonds. The molecule has 3 aliphatic heterocycles. The highest BCUT2D eigenvalue weighted by Gasteiger charge is 2.55. The van der Waals surface area contributed by atoms with Crippen LogP contribution in [0.4, 0.5) is 5.69 Å². The molecule has 6 nitrogen and oxygen atoms in total. The normalized spacial score (nSPS) is 35.4. The number of anilines is 1. The molecule has 3 fully saturated rings. The van der Waals surface area contributed by atoms with Gasteiger partial charge in [0.2, 0.25) is 11.8 Å². The quantitative estimate of drug-likeness (QED) is 0.726. The third-order valence-corrected chi connectivity index (χ3v) is 5.64. The second-order valence-electron chi connectivity index (χ2n) is 7.23. The number of benzene rings is 1. The first-order chi connectivity index (χ1) is 11.9. The number of nitrogens with zero attached hydrogens (tertiary/aromatic N) is 1. The Kier molecular flexibility index (Phi) is 3.61. The molecule has 0 aromatic heterocycles. The maximum absolute atomic E-state index is 12.9. The van der Waals surface area contributed by atoms with Crippen LogP contribution in [0.5, 0.6) is 0 Å². The summed E-state index contributed by atoms with van der Waals surface area (Å²) in [6, 6.07) is 8.64. The Labute approximate surface area is 145 Å². The number of Topliss-reactive ketones (excluding diaryl/α,β-unsaturated/α-hetero) is 2. The first-order valence-corrected chi connectivity index (χ1v) is 8.57. The fourth-order valence-corrected chi connectivity index (χ4v) is 4.11. The van der Waals surface area contributed by atoms with Gasteiger partial charge in [-0.05, 0) is 31.9 Å². The number of ketones is 2. The van der Waals surface area contributed by atoms with Gasteiger partial charge in [0.05, 0.1) is 17.5 Å². The van der Waals surface area contributed by atoms with Gasteiger partial charge in [0, 0.05) is 12.8 Å². The third kappa shape index (κ3) is 2.43. The van der Waals surface area contributed by atoms with E-state index in [9.17, 15) is 19.2 Å². The van der Waals surface area contributed by atoms with Gasteiger partial charge in [0.25, 0.3) is 0 Å². The monoisotopic (exact) mass is 341 g/mol. The zero-order valence-electron chi connectivity index (χ0n) is 13.9. The lowest BCUT2D eigenvalue weighted by molar-refractivity contribution is -0.147. The summed E-state index contributed by atoms with van der Waals surface area (Å²) in [5, 5.41) is 0. The number of imide groups is 1. The number of hydrogen-bond acceptors (Lipinski definition) is 5. The topological polar surface area (TPSA) is 80.8 Å². The maximum atomic E-state index is 12.9. The van der Waals surface area contributed by atoms with E-state index in [0.717, 1.165) is 4.90 Å². The Bertz CT molecular complexity index is 773. The first-order valence-electron chi connectivity index (χ1n) is 8.57. The minimum atomic E-state index is -1.03. The fourth-order valence-electron chi connectivity index (χ4n) is 4.11. The van der Waals surface area contributed by atoms with E-state index in [0.29, 0.717) is 18.5 Å². The molecule has 0 aliphatic carbocycles. The molecule has 0 unspecified atom stereocenters. The van der Waals surface area contributed by atoms with Crippen molar-refractivity contribution in [2.24, 2.45) is 11.8 Å². The maximum Gasteiger partial charge on any atom is 0.238 e. The van der Waals surface area contributed by atoms with Crippen molar-refractivity contribution < 1.29 is 23.9 Å². The van der Waals surface area contributed by atoms with E-state index in [-0.39, 0.29) is 24.4 Å². The number of hydrogen-bond donors (Lipinski definition) is 0. The Morgan fingerprint density at radius 1 is 1.00 bits per heavy atom. The summed E-state index contributed by atoms with van der Waals surface area (Å²) in [4.78, 5) is 52.2. The van der Waals surface area contributed by atoms with Gasteiger partial charge in [0.1, 0.15) is 11.7 Å². The first kappa shape index (κ1) is 16.1. The summed E-state index contributed by atoms with van der Waals surface area (Å²) in [5.74, 6) is -2.76. The summed E-state index contributed by atoms with van der Waals surface area (Å²) in [6.45, 7) is 1.68. The number of fused-ring (bicyclic) bond motifs is 3. The minimum Gasteiger partial charge on any atom is -0.357 e. The van der Waals surface area contributed by atoms with Gasteiger partial charge in [-0.1, -0.05) is 18.2 Å². The van der Waals surface area contributed by atoms with Crippen molar-refractivity contribution in [2.45, 2.75) is 44.3 Å². The third-order valence-electron chi connectivity index (χ3n) is 5.64. The Hall–Kier alpha value is -2.34. The molecule has 0 radical (unpaired) electrons. The van der Waals surface area contributed by atoms with Gasteiger partial charge in [-0.3, -0.25) is 24.1 Å². The van der Waals surface area contributed by atoms with Crippen LogP contribution < -0.4 is 4.90 Å². The Morgan fingerprint density at radius 2 is 1.64 bits per heavy atom. The van der Waals surface area contributed by atoms with Crippen molar-refractivity contribution in [2.75, 3.05) is 4.90 Å². The average molecular weight is 341 g/mol. The van der Waals surface area contributed by atoms with Crippen molar-refractivity contribution in [3.63, 3.8) is 0 Å². The lowest BCUT2D eigenvalue weighted by atomic mass is 9.81. The highest BCUT2D eigenvalue weighted by atomic mass is 16.5. The van der Waals surface area contributed by atoms with Gasteiger partial charge in [-0.25, -0.2) is 0 Å². The standard InChI is InChI=1S/C19H19NO5/c1-19-8-7-15(25-19)14(21)9-12-13(10-16(19)22)18(24)20(17(12)23)11-5-3-2-4-6-11/h2-6,12-13,15H,7-10H2,1H3/t12-,13+,15+,19-/m0/s1. The minimum absolute atomic E-state index is 0.0490. The predicted molar refractivity (Wildman–Crippen MR) is 87.7 cm³/mol. The molecule has 6 heteroatoms. The highest BCUT2D eigenvalue weighted by molar-refractivity contribution is 6.23. The van der Waals surface area contributed by atoms with Gasteiger partial charge in [-0.2, -0.15) is 0 Å². The van der Waals surface area contributed by atoms with Crippen LogP contribution in [0.25, 0.3) is 0 Å². The summed E-state index contributed by atoms with van der Waals surface area (Å²) < 4.78 is 5.71. The fraction of sp³-hybridized carbons (Fsp3) is 0.474. The molecule has 0 saturated carbocycles. The van der Waals surface area contributed by atoms with Gasteiger partial charge < -0.3 is 4.74 Å². The largest absolute Gasteiger partial charge is 0.357 e. The Morgan fingerprint density at radius 3 is 2.32 bits per heavy atom. The van der Waals surface area contributed by atoms with Crippen LogP contribution in [0.3, 0.4) is 0 Å². The summed E-state index contributed by atoms with van der Waals surface area (Å²) in [5.41, 5.74) is -0.550. The number of para-hydroxylation sites is 1. The number of carbonyl (C=O) groups excluding carboxylic acids is 4. The summed E-state index contributed by atoms with van der Waals surface area (Å²) >= 11 is 0. The number of ether oxygens (including phenoxy) is 1. The Balaban J connectivity index is 1.72. The molecule has 3 saturated heterocycles. The van der Waals surface area contributed by atoms with Crippen molar-refractivity contribution >= 4 is 29.1 Å². The molecule has 130 valence electrons. The number of rotatable bonds is 1. The number of carbonyl (C=O) groups is 4. The molecule has 2 bridgehead atoms. The van der Waals surface area contributed by atoms with Gasteiger partial charge in [-0.15, -0.1) is 0 Å². The molecule has 0 spiro atoms. The molecule has 4 rings (SSSR count). The molecule has 3 heterocycles. The lowest BCUT2D eigenvalue weighted by Crippen LogP contribution is -2.38. The molecular formula is C19H19NO5. The molecule has 4 atom stereocenters. The van der Waals surface area contributed by atoms with E-state index in [1.54, 1.807) is 37.3 Å². The highest BCUT2D eigenvalue weighted by Crippen LogP contribution is 2.41. The molecule has 3 aliphatic rings. The van der Waals surface area contributed by atoms with E-state index in [2.05, 4.69) is 0 Å². The van der Waals surface area contributed by atoms with Crippen molar-refractivity contribution in [1.82, 2.24) is 0 Å². The van der Waals surface area contributed by atoms with E-state index >= 15 is 0 Å². The van der Waals surface area contributed by atoms with Crippen LogP contribution >= 0.6 is 0 Å². The molecule has 0 N–H and O–H groups in total. The predicted octanol–water partition coefficient (Wildman–Crippen LogP) is 1.66. The van der Waals surface area contributed by atoms with E-state index in [1.807, 2.05) is 0 Å². The van der Waals surface area contributed by atoms with E-state index in [1.165, 1.54) is 0 Å². The molecular weight excluding hydrogens is 322 g/mol. The van der Waals surface area contributed by atoms with Crippen molar-refractivity contribution in [3.8, 4) is 0 Å². The van der Waals surface area contributed by atoms with Crippen LogP contribution in [0, 0.1) is 11.8 Å². The SMILES string of the molecule is C[C@@]12CC[C@@H](O1)C(=O)C[C@@H]1C(=O)N(c3ccccc3)C(=O)[C@@H]1CC2=O. The van der Waals surface area contributed by atoms with E-state index in [4.69, 9.17) is 4.74 Å². The van der Waals surface area contributed by atoms with Gasteiger partial charge in [0.15, 0.2) is 11.6 Å². The second kappa shape index (κ2) is 5.59. The second-order valence-corrected chi connectivity index (χ2v) is 7.23. The molecule has 25 heavy (non-hydrogen) atoms. The van der Waals surface area contributed by atoms with Gasteiger partial charge >= 0.3 is 0 Å². The molecule has 1 aromatic rings. The van der Waals surface area contributed by atoms with Crippen LogP contribution in [0.1, 0.15) is 32.6 Å². The summed E-state index contributed by atoms with van der Waals surface area (Å²) in [6.07, 6.45) is 0.204. The van der Waals surface area contributed by atoms with Crippen molar-refractivity contribution in [1.29, 1.82) is 0 Å². The van der Waals surface area contributed by atoms with E-state index < -0.39 is 35.4 Å². The zero-order chi connectivity index (χ0) is 17.8.